The third-order valence-corrected chi connectivity index (χ3v) is 14.7. The summed E-state index contributed by atoms with van der Waals surface area (Å²) in [6.45, 7) is -0.327. The molecule has 326 valence electrons. The van der Waals surface area contributed by atoms with Crippen molar-refractivity contribution in [3.8, 4) is 22.9 Å². The van der Waals surface area contributed by atoms with Crippen LogP contribution in [-0.4, -0.2) is 107 Å². The number of ether oxygens (including phenoxy) is 2. The fourth-order valence-corrected chi connectivity index (χ4v) is 10.3. The molecule has 18 heteroatoms. The quantitative estimate of drug-likeness (QED) is 0.258. The average molecular weight is 883 g/mol. The Kier molecular flexibility index (Phi) is 12.0. The van der Waals surface area contributed by atoms with E-state index in [9.17, 15) is 36.4 Å². The summed E-state index contributed by atoms with van der Waals surface area (Å²) >= 11 is 6.79. The number of carbonyl (C=O) groups is 4. The minimum absolute atomic E-state index is 0.0232. The maximum absolute atomic E-state index is 14.9. The number of benzene rings is 1. The molecular formula is C43H49ClF2N6O8S. The zero-order valence-electron chi connectivity index (χ0n) is 33.8. The molecule has 0 radical (unpaired) electrons. The molecular weight excluding hydrogens is 834 g/mol. The van der Waals surface area contributed by atoms with E-state index in [4.69, 9.17) is 26.1 Å². The fourth-order valence-electron chi connectivity index (χ4n) is 8.69. The van der Waals surface area contributed by atoms with Gasteiger partial charge in [-0.3, -0.25) is 28.9 Å². The summed E-state index contributed by atoms with van der Waals surface area (Å²) < 4.78 is 68.3. The molecule has 2 saturated carbocycles. The number of aromatic nitrogens is 2. The summed E-state index contributed by atoms with van der Waals surface area (Å²) in [4.78, 5) is 69.0. The van der Waals surface area contributed by atoms with Gasteiger partial charge < -0.3 is 24.6 Å². The number of carbonyl (C=O) groups excluding carboxylic acids is 4. The van der Waals surface area contributed by atoms with Gasteiger partial charge in [0, 0.05) is 68.3 Å². The Morgan fingerprint density at radius 1 is 1.03 bits per heavy atom. The van der Waals surface area contributed by atoms with Gasteiger partial charge in [-0.1, -0.05) is 42.7 Å². The van der Waals surface area contributed by atoms with Crippen molar-refractivity contribution in [2.24, 2.45) is 11.8 Å². The van der Waals surface area contributed by atoms with Gasteiger partial charge in [-0.15, -0.1) is 0 Å². The number of nitrogens with one attached hydrogen (secondary N) is 2. The SMILES string of the molecule is COc1ccc2c(O[C@@H]3C[C@H]4C(=O)N[C@]5(C(=O)NS(=O)(=O)C6CC6)CC5/C=C\CCCCC[C@H](CC(=O)N5CCC(F)(F)CC5)C(=O)N4C3)cc(-c3ccccn3)nc2c1Cl. The highest BCUT2D eigenvalue weighted by atomic mass is 35.5. The highest BCUT2D eigenvalue weighted by Crippen LogP contribution is 2.46. The predicted molar refractivity (Wildman–Crippen MR) is 221 cm³/mol. The van der Waals surface area contributed by atoms with Crippen molar-refractivity contribution in [2.45, 2.75) is 106 Å². The van der Waals surface area contributed by atoms with E-state index in [-0.39, 0.29) is 43.9 Å². The monoisotopic (exact) mass is 882 g/mol. The van der Waals surface area contributed by atoms with Crippen LogP contribution in [0.2, 0.25) is 5.02 Å². The van der Waals surface area contributed by atoms with Crippen LogP contribution < -0.4 is 19.5 Å². The molecule has 2 aliphatic carbocycles. The van der Waals surface area contributed by atoms with E-state index < -0.39 is 87.2 Å². The summed E-state index contributed by atoms with van der Waals surface area (Å²) in [7, 11) is -2.46. The van der Waals surface area contributed by atoms with Gasteiger partial charge in [0.05, 0.1) is 35.8 Å². The van der Waals surface area contributed by atoms with Gasteiger partial charge in [0.15, 0.2) is 0 Å². The van der Waals surface area contributed by atoms with Crippen molar-refractivity contribution in [3.63, 3.8) is 0 Å². The van der Waals surface area contributed by atoms with Crippen molar-refractivity contribution >= 4 is 56.2 Å². The van der Waals surface area contributed by atoms with Crippen LogP contribution in [0, 0.1) is 11.8 Å². The number of likely N-dealkylation sites (tertiary alicyclic amines) is 1. The molecule has 2 saturated heterocycles. The number of nitrogens with zero attached hydrogens (tertiary/aromatic N) is 4. The largest absolute Gasteiger partial charge is 0.495 e. The Balaban J connectivity index is 1.13. The second kappa shape index (κ2) is 17.1. The number of sulfonamides is 1. The first kappa shape index (κ1) is 42.8. The lowest BCUT2D eigenvalue weighted by molar-refractivity contribution is -0.147. The second-order valence-corrected chi connectivity index (χ2v) is 19.2. The van der Waals surface area contributed by atoms with Crippen LogP contribution in [-0.2, 0) is 29.2 Å². The molecule has 1 unspecified atom stereocenters. The number of methoxy groups -OCH3 is 1. The van der Waals surface area contributed by atoms with E-state index in [1.807, 2.05) is 18.2 Å². The summed E-state index contributed by atoms with van der Waals surface area (Å²) in [6.07, 6.45) is 7.51. The lowest BCUT2D eigenvalue weighted by Crippen LogP contribution is -2.57. The first-order valence-electron chi connectivity index (χ1n) is 20.9. The van der Waals surface area contributed by atoms with Crippen molar-refractivity contribution in [1.82, 2.24) is 29.8 Å². The first-order chi connectivity index (χ1) is 29.2. The smallest absolute Gasteiger partial charge is 0.259 e. The van der Waals surface area contributed by atoms with E-state index in [0.29, 0.717) is 65.9 Å². The van der Waals surface area contributed by atoms with E-state index in [1.54, 1.807) is 36.5 Å². The second-order valence-electron chi connectivity index (χ2n) is 16.8. The molecule has 4 amide bonds. The Labute approximate surface area is 357 Å². The number of alkyl halides is 2. The molecule has 61 heavy (non-hydrogen) atoms. The third kappa shape index (κ3) is 9.18. The lowest BCUT2D eigenvalue weighted by Gasteiger charge is -2.33. The minimum atomic E-state index is -3.95. The highest BCUT2D eigenvalue weighted by Gasteiger charge is 2.62. The molecule has 14 nitrogen and oxygen atoms in total. The molecule has 4 fully saturated rings. The number of allylic oxidation sites excluding steroid dienone is 1. The van der Waals surface area contributed by atoms with E-state index in [1.165, 1.54) is 16.9 Å². The summed E-state index contributed by atoms with van der Waals surface area (Å²) in [5.41, 5.74) is -0.219. The molecule has 2 aromatic heterocycles. The normalized spacial score (nSPS) is 27.5. The van der Waals surface area contributed by atoms with Crippen LogP contribution in [0.25, 0.3) is 22.3 Å². The van der Waals surface area contributed by atoms with E-state index in [2.05, 4.69) is 15.0 Å². The average Bonchev–Trinajstić information content (AvgIpc) is 4.17. The molecule has 0 bridgehead atoms. The van der Waals surface area contributed by atoms with Crippen LogP contribution >= 0.6 is 11.6 Å². The predicted octanol–water partition coefficient (Wildman–Crippen LogP) is 5.57. The van der Waals surface area contributed by atoms with E-state index >= 15 is 0 Å². The van der Waals surface area contributed by atoms with Gasteiger partial charge in [0.2, 0.25) is 27.7 Å². The number of fused-ring (bicyclic) bond motifs is 3. The molecule has 3 aromatic rings. The molecule has 5 aliphatic rings. The number of rotatable bonds is 9. The van der Waals surface area contributed by atoms with Crippen LogP contribution in [0.3, 0.4) is 0 Å². The van der Waals surface area contributed by atoms with Crippen LogP contribution in [0.4, 0.5) is 8.78 Å². The maximum Gasteiger partial charge on any atom is 0.259 e. The van der Waals surface area contributed by atoms with Gasteiger partial charge >= 0.3 is 0 Å². The van der Waals surface area contributed by atoms with Crippen LogP contribution in [0.1, 0.15) is 77.0 Å². The summed E-state index contributed by atoms with van der Waals surface area (Å²) in [5, 5.41) is 2.98. The first-order valence-corrected chi connectivity index (χ1v) is 22.9. The molecule has 8 rings (SSSR count). The summed E-state index contributed by atoms with van der Waals surface area (Å²) in [5.74, 6) is -5.87. The Bertz CT molecular complexity index is 2340. The molecule has 5 atom stereocenters. The van der Waals surface area contributed by atoms with Gasteiger partial charge in [-0.25, -0.2) is 22.2 Å². The zero-order chi connectivity index (χ0) is 43.1. The number of pyridine rings is 2. The van der Waals surface area contributed by atoms with Crippen molar-refractivity contribution in [2.75, 3.05) is 26.7 Å². The number of hydrogen-bond donors (Lipinski definition) is 2. The lowest BCUT2D eigenvalue weighted by atomic mass is 9.94. The Morgan fingerprint density at radius 2 is 1.82 bits per heavy atom. The fraction of sp³-hybridized carbons (Fsp3) is 0.535. The van der Waals surface area contributed by atoms with Crippen LogP contribution in [0.15, 0.2) is 54.7 Å². The Hall–Kier alpha value is -4.90. The standard InChI is InChI=1S/C43H49ClF2N6O8S/c1-59-34-15-14-30-35(23-32(48-38(30)37(34)44)31-11-7-8-18-47-31)60-28-22-33-39(54)49-43(41(56)50-61(57,58)29-12-13-29)24-27(43)10-6-4-2-3-5-9-26(40(55)52(33)25-28)21-36(53)51-19-16-42(45,46)17-20-51/h6-8,10-11,14-15,18,23,26-29,33H,2-5,9,12-13,16-17,19-22,24-25H2,1H3,(H,49,54)(H,50,56)/b10-6-/t26-,27?,28-,33+,43-/m1/s1. The molecule has 2 N–H and O–H groups in total. The maximum atomic E-state index is 14.9. The number of piperidine rings is 1. The minimum Gasteiger partial charge on any atom is -0.495 e. The van der Waals surface area contributed by atoms with E-state index in [0.717, 1.165) is 12.8 Å². The Morgan fingerprint density at radius 3 is 2.54 bits per heavy atom. The van der Waals surface area contributed by atoms with Gasteiger partial charge in [-0.05, 0) is 62.8 Å². The van der Waals surface area contributed by atoms with Crippen LogP contribution in [0.5, 0.6) is 11.5 Å². The number of halogens is 3. The number of amides is 4. The van der Waals surface area contributed by atoms with Gasteiger partial charge in [0.25, 0.3) is 11.8 Å². The third-order valence-electron chi connectivity index (χ3n) is 12.5. The molecule has 0 spiro atoms. The number of hydrogen-bond acceptors (Lipinski definition) is 10. The van der Waals surface area contributed by atoms with Crippen molar-refractivity contribution < 1.29 is 45.9 Å². The van der Waals surface area contributed by atoms with Gasteiger partial charge in [0.1, 0.15) is 34.2 Å². The zero-order valence-corrected chi connectivity index (χ0v) is 35.4. The van der Waals surface area contributed by atoms with Gasteiger partial charge in [-0.2, -0.15) is 0 Å². The molecule has 1 aromatic carbocycles. The highest BCUT2D eigenvalue weighted by molar-refractivity contribution is 7.91. The summed E-state index contributed by atoms with van der Waals surface area (Å²) in [6, 6.07) is 9.30. The topological polar surface area (TPSA) is 177 Å². The van der Waals surface area contributed by atoms with Crippen molar-refractivity contribution in [1.29, 1.82) is 0 Å². The molecule has 5 heterocycles. The molecule has 3 aliphatic heterocycles. The van der Waals surface area contributed by atoms with Crippen molar-refractivity contribution in [3.05, 3.63) is 59.8 Å².